The van der Waals surface area contributed by atoms with E-state index in [4.69, 9.17) is 15.6 Å². The molecule has 7 nitrogen and oxygen atoms in total. The Morgan fingerprint density at radius 1 is 1.40 bits per heavy atom. The van der Waals surface area contributed by atoms with Crippen LogP contribution in [0.4, 0.5) is 5.69 Å². The highest BCUT2D eigenvalue weighted by molar-refractivity contribution is 5.95. The first-order valence-electron chi connectivity index (χ1n) is 6.36. The van der Waals surface area contributed by atoms with Gasteiger partial charge in [-0.3, -0.25) is 4.79 Å². The van der Waals surface area contributed by atoms with Crippen LogP contribution in [-0.2, 0) is 9.53 Å². The van der Waals surface area contributed by atoms with Gasteiger partial charge in [0.05, 0.1) is 17.3 Å². The van der Waals surface area contributed by atoms with Gasteiger partial charge in [0.1, 0.15) is 5.69 Å². The van der Waals surface area contributed by atoms with E-state index in [0.29, 0.717) is 31.7 Å². The summed E-state index contributed by atoms with van der Waals surface area (Å²) in [5.41, 5.74) is 5.52. The van der Waals surface area contributed by atoms with Crippen molar-refractivity contribution >= 4 is 17.6 Å². The number of carbonyl (C=O) groups is 2. The fraction of sp³-hybridized carbons (Fsp3) is 0.462. The zero-order chi connectivity index (χ0) is 14.6. The van der Waals surface area contributed by atoms with Gasteiger partial charge in [-0.05, 0) is 25.0 Å². The molecule has 0 aromatic carbocycles. The van der Waals surface area contributed by atoms with Crippen molar-refractivity contribution < 1.29 is 19.4 Å². The van der Waals surface area contributed by atoms with Gasteiger partial charge in [-0.15, -0.1) is 0 Å². The molecule has 2 heterocycles. The lowest BCUT2D eigenvalue weighted by Gasteiger charge is -2.34. The predicted molar refractivity (Wildman–Crippen MR) is 71.4 cm³/mol. The van der Waals surface area contributed by atoms with E-state index in [1.54, 1.807) is 0 Å². The van der Waals surface area contributed by atoms with Crippen LogP contribution in [0.15, 0.2) is 18.3 Å². The fourth-order valence-corrected chi connectivity index (χ4v) is 2.14. The van der Waals surface area contributed by atoms with Crippen molar-refractivity contribution in [3.8, 4) is 0 Å². The number of rotatable bonds is 4. The van der Waals surface area contributed by atoms with Crippen molar-refractivity contribution in [2.75, 3.05) is 25.1 Å². The lowest BCUT2D eigenvalue weighted by molar-refractivity contribution is -0.130. The smallest absolute Gasteiger partial charge is 0.354 e. The molecule has 0 unspecified atom stereocenters. The molecule has 0 atom stereocenters. The van der Waals surface area contributed by atoms with Gasteiger partial charge in [0.2, 0.25) is 5.91 Å². The van der Waals surface area contributed by atoms with Crippen molar-refractivity contribution in [2.24, 2.45) is 11.1 Å². The van der Waals surface area contributed by atoms with Crippen LogP contribution in [0, 0.1) is 5.41 Å². The van der Waals surface area contributed by atoms with E-state index in [-0.39, 0.29) is 18.1 Å². The molecule has 1 aromatic rings. The summed E-state index contributed by atoms with van der Waals surface area (Å²) in [6, 6.07) is 2.86. The zero-order valence-electron chi connectivity index (χ0n) is 11.0. The number of carbonyl (C=O) groups excluding carboxylic acids is 1. The number of hydrogen-bond acceptors (Lipinski definition) is 5. The Labute approximate surface area is 116 Å². The molecule has 1 aliphatic rings. The number of hydrogen-bond donors (Lipinski definition) is 3. The highest BCUT2D eigenvalue weighted by Crippen LogP contribution is 2.30. The minimum Gasteiger partial charge on any atom is -0.477 e. The summed E-state index contributed by atoms with van der Waals surface area (Å²) in [6.45, 7) is 1.28. The lowest BCUT2D eigenvalue weighted by Crippen LogP contribution is -2.46. The SMILES string of the molecule is NCC1(C(=O)Nc2ccc(C(=O)O)nc2)CCOCC1. The average Bonchev–Trinajstić information content (AvgIpc) is 2.48. The molecule has 0 spiro atoms. The van der Waals surface area contributed by atoms with Crippen LogP contribution in [0.25, 0.3) is 0 Å². The van der Waals surface area contributed by atoms with Gasteiger partial charge < -0.3 is 20.9 Å². The average molecular weight is 279 g/mol. The van der Waals surface area contributed by atoms with Crippen LogP contribution < -0.4 is 11.1 Å². The van der Waals surface area contributed by atoms with Crippen molar-refractivity contribution in [1.29, 1.82) is 0 Å². The summed E-state index contributed by atoms with van der Waals surface area (Å²) in [4.78, 5) is 26.8. The van der Waals surface area contributed by atoms with Gasteiger partial charge in [0, 0.05) is 19.8 Å². The number of nitrogens with zero attached hydrogens (tertiary/aromatic N) is 1. The third-order valence-electron chi connectivity index (χ3n) is 3.56. The molecule has 1 aromatic heterocycles. The molecule has 1 fully saturated rings. The first-order chi connectivity index (χ1) is 9.57. The van der Waals surface area contributed by atoms with Crippen LogP contribution in [-0.4, -0.2) is 41.7 Å². The first-order valence-corrected chi connectivity index (χ1v) is 6.36. The first kappa shape index (κ1) is 14.4. The molecule has 0 bridgehead atoms. The van der Waals surface area contributed by atoms with Crippen LogP contribution >= 0.6 is 0 Å². The molecule has 0 aliphatic carbocycles. The van der Waals surface area contributed by atoms with E-state index >= 15 is 0 Å². The maximum absolute atomic E-state index is 12.3. The van der Waals surface area contributed by atoms with Gasteiger partial charge in [-0.2, -0.15) is 0 Å². The zero-order valence-corrected chi connectivity index (χ0v) is 11.0. The highest BCUT2D eigenvalue weighted by Gasteiger charge is 2.38. The maximum Gasteiger partial charge on any atom is 0.354 e. The minimum atomic E-state index is -1.11. The molecule has 4 N–H and O–H groups in total. The lowest BCUT2D eigenvalue weighted by atomic mass is 9.79. The second-order valence-corrected chi connectivity index (χ2v) is 4.79. The Bertz CT molecular complexity index is 495. The monoisotopic (exact) mass is 279 g/mol. The van der Waals surface area contributed by atoms with Gasteiger partial charge in [-0.25, -0.2) is 9.78 Å². The second-order valence-electron chi connectivity index (χ2n) is 4.79. The largest absolute Gasteiger partial charge is 0.477 e. The highest BCUT2D eigenvalue weighted by atomic mass is 16.5. The number of aromatic nitrogens is 1. The van der Waals surface area contributed by atoms with E-state index in [0.717, 1.165) is 0 Å². The molecule has 0 saturated carbocycles. The minimum absolute atomic E-state index is 0.0670. The number of carboxylic acid groups (broad SMARTS) is 1. The van der Waals surface area contributed by atoms with Gasteiger partial charge >= 0.3 is 5.97 Å². The molecular formula is C13H17N3O4. The molecule has 1 aliphatic heterocycles. The van der Waals surface area contributed by atoms with Crippen molar-refractivity contribution in [2.45, 2.75) is 12.8 Å². The second kappa shape index (κ2) is 5.98. The third-order valence-corrected chi connectivity index (χ3v) is 3.56. The van der Waals surface area contributed by atoms with Crippen molar-refractivity contribution in [3.63, 3.8) is 0 Å². The number of aromatic carboxylic acids is 1. The summed E-state index contributed by atoms with van der Waals surface area (Å²) < 4.78 is 5.26. The number of nitrogens with one attached hydrogen (secondary N) is 1. The summed E-state index contributed by atoms with van der Waals surface area (Å²) >= 11 is 0. The number of ether oxygens (including phenoxy) is 1. The molecule has 0 radical (unpaired) electrons. The van der Waals surface area contributed by atoms with E-state index in [1.807, 2.05) is 0 Å². The molecule has 108 valence electrons. The van der Waals surface area contributed by atoms with Crippen LogP contribution in [0.2, 0.25) is 0 Å². The quantitative estimate of drug-likeness (QED) is 0.738. The Hall–Kier alpha value is -1.99. The summed E-state index contributed by atoms with van der Waals surface area (Å²) in [5.74, 6) is -1.28. The van der Waals surface area contributed by atoms with E-state index in [2.05, 4.69) is 10.3 Å². The number of carboxylic acids is 1. The molecule has 1 saturated heterocycles. The summed E-state index contributed by atoms with van der Waals surface area (Å²) in [6.07, 6.45) is 2.48. The van der Waals surface area contributed by atoms with E-state index < -0.39 is 11.4 Å². The number of pyridine rings is 1. The van der Waals surface area contributed by atoms with Crippen LogP contribution in [0.5, 0.6) is 0 Å². The Morgan fingerprint density at radius 2 is 2.10 bits per heavy atom. The number of nitrogens with two attached hydrogens (primary N) is 1. The predicted octanol–water partition coefficient (Wildman–Crippen LogP) is 0.474. The molecule has 20 heavy (non-hydrogen) atoms. The van der Waals surface area contributed by atoms with E-state index in [1.165, 1.54) is 18.3 Å². The summed E-state index contributed by atoms with van der Waals surface area (Å²) in [7, 11) is 0. The maximum atomic E-state index is 12.3. The Kier molecular flexibility index (Phi) is 4.31. The third kappa shape index (κ3) is 2.94. The van der Waals surface area contributed by atoms with Gasteiger partial charge in [0.15, 0.2) is 0 Å². The molecule has 7 heteroatoms. The summed E-state index contributed by atoms with van der Waals surface area (Å²) in [5, 5.41) is 11.5. The number of amides is 1. The Morgan fingerprint density at radius 3 is 2.60 bits per heavy atom. The number of anilines is 1. The van der Waals surface area contributed by atoms with Gasteiger partial charge in [-0.1, -0.05) is 0 Å². The fourth-order valence-electron chi connectivity index (χ4n) is 2.14. The van der Waals surface area contributed by atoms with Crippen LogP contribution in [0.1, 0.15) is 23.3 Å². The standard InChI is InChI=1S/C13H17N3O4/c14-8-13(3-5-20-6-4-13)12(19)16-9-1-2-10(11(17)18)15-7-9/h1-2,7H,3-6,8,14H2,(H,16,19)(H,17,18). The topological polar surface area (TPSA) is 115 Å². The van der Waals surface area contributed by atoms with Crippen molar-refractivity contribution in [1.82, 2.24) is 4.98 Å². The molecule has 2 rings (SSSR count). The van der Waals surface area contributed by atoms with E-state index in [9.17, 15) is 9.59 Å². The molecule has 1 amide bonds. The normalized spacial score (nSPS) is 17.4. The van der Waals surface area contributed by atoms with Gasteiger partial charge in [0.25, 0.3) is 0 Å². The van der Waals surface area contributed by atoms with Crippen molar-refractivity contribution in [3.05, 3.63) is 24.0 Å². The molecular weight excluding hydrogens is 262 g/mol. The van der Waals surface area contributed by atoms with Crippen LogP contribution in [0.3, 0.4) is 0 Å². The Balaban J connectivity index is 2.08.